The molecule has 0 aliphatic rings. The lowest BCUT2D eigenvalue weighted by atomic mass is 10.4. The van der Waals surface area contributed by atoms with E-state index in [1.165, 1.54) is 0 Å². The van der Waals surface area contributed by atoms with Crippen LogP contribution in [0.15, 0.2) is 0 Å². The van der Waals surface area contributed by atoms with E-state index in [0.29, 0.717) is 0 Å². The average molecular weight is 217 g/mol. The van der Waals surface area contributed by atoms with Crippen LogP contribution in [0.4, 0.5) is 0 Å². The molecule has 0 aliphatic carbocycles. The second-order valence-electron chi connectivity index (χ2n) is 2.59. The predicted octanol–water partition coefficient (Wildman–Crippen LogP) is -2.47. The standard InChI is InChI=1S/C7H11N3O5/c8-4(11)1-5(12)9-3-10-6(13)2-7(14)15/h1-3H2,(H2,8,11)(H,9,12)(H,10,13)(H,14,15). The van der Waals surface area contributed by atoms with E-state index in [9.17, 15) is 19.2 Å². The Hall–Kier alpha value is -2.12. The Bertz CT molecular complexity index is 260. The highest BCUT2D eigenvalue weighted by Crippen LogP contribution is 1.78. The van der Waals surface area contributed by atoms with Crippen molar-refractivity contribution in [1.82, 2.24) is 10.6 Å². The van der Waals surface area contributed by atoms with Gasteiger partial charge in [0.25, 0.3) is 0 Å². The highest BCUT2D eigenvalue weighted by Gasteiger charge is 2.08. The Labute approximate surface area is 84.8 Å². The lowest BCUT2D eigenvalue weighted by Gasteiger charge is -2.04. The maximum absolute atomic E-state index is 10.8. The van der Waals surface area contributed by atoms with Gasteiger partial charge >= 0.3 is 5.97 Å². The van der Waals surface area contributed by atoms with E-state index in [1.54, 1.807) is 0 Å². The van der Waals surface area contributed by atoms with Crippen molar-refractivity contribution in [3.8, 4) is 0 Å². The predicted molar refractivity (Wildman–Crippen MR) is 47.2 cm³/mol. The first-order valence-corrected chi connectivity index (χ1v) is 3.95. The number of hydrogen-bond donors (Lipinski definition) is 4. The van der Waals surface area contributed by atoms with Crippen LogP contribution in [0.25, 0.3) is 0 Å². The molecule has 0 spiro atoms. The number of nitrogens with one attached hydrogen (secondary N) is 2. The molecular weight excluding hydrogens is 206 g/mol. The third-order valence-electron chi connectivity index (χ3n) is 1.22. The largest absolute Gasteiger partial charge is 0.481 e. The molecule has 0 aromatic rings. The topological polar surface area (TPSA) is 139 Å². The summed E-state index contributed by atoms with van der Waals surface area (Å²) in [5.41, 5.74) is 4.73. The number of carbonyl (C=O) groups excluding carboxylic acids is 3. The summed E-state index contributed by atoms with van der Waals surface area (Å²) in [6, 6.07) is 0. The van der Waals surface area contributed by atoms with Crippen molar-refractivity contribution in [3.63, 3.8) is 0 Å². The molecule has 0 aromatic carbocycles. The van der Waals surface area contributed by atoms with Crippen molar-refractivity contribution in [2.24, 2.45) is 5.73 Å². The van der Waals surface area contributed by atoms with Crippen LogP contribution in [0.1, 0.15) is 12.8 Å². The Morgan fingerprint density at radius 1 is 1.00 bits per heavy atom. The Balaban J connectivity index is 3.61. The zero-order chi connectivity index (χ0) is 11.8. The third-order valence-corrected chi connectivity index (χ3v) is 1.22. The molecule has 5 N–H and O–H groups in total. The SMILES string of the molecule is NC(=O)CC(=O)NCNC(=O)CC(=O)O. The van der Waals surface area contributed by atoms with Crippen molar-refractivity contribution >= 4 is 23.7 Å². The van der Waals surface area contributed by atoms with E-state index in [-0.39, 0.29) is 6.67 Å². The molecule has 0 aromatic heterocycles. The first-order chi connectivity index (χ1) is 6.91. The lowest BCUT2D eigenvalue weighted by Crippen LogP contribution is -2.39. The van der Waals surface area contributed by atoms with E-state index < -0.39 is 36.5 Å². The van der Waals surface area contributed by atoms with E-state index in [0.717, 1.165) is 0 Å². The van der Waals surface area contributed by atoms with Gasteiger partial charge in [-0.15, -0.1) is 0 Å². The van der Waals surface area contributed by atoms with E-state index >= 15 is 0 Å². The van der Waals surface area contributed by atoms with Crippen LogP contribution in [0.2, 0.25) is 0 Å². The molecule has 0 aliphatic heterocycles. The fourth-order valence-electron chi connectivity index (χ4n) is 0.662. The summed E-state index contributed by atoms with van der Waals surface area (Å²) in [5, 5.41) is 12.5. The maximum atomic E-state index is 10.8. The van der Waals surface area contributed by atoms with Crippen LogP contribution >= 0.6 is 0 Å². The second-order valence-corrected chi connectivity index (χ2v) is 2.59. The normalized spacial score (nSPS) is 9.07. The number of aliphatic carboxylic acids is 1. The quantitative estimate of drug-likeness (QED) is 0.288. The van der Waals surface area contributed by atoms with Gasteiger partial charge in [-0.1, -0.05) is 0 Å². The van der Waals surface area contributed by atoms with Crippen LogP contribution in [0.3, 0.4) is 0 Å². The van der Waals surface area contributed by atoms with Gasteiger partial charge in [0.05, 0.1) is 6.67 Å². The summed E-state index contributed by atoms with van der Waals surface area (Å²) in [4.78, 5) is 41.8. The minimum Gasteiger partial charge on any atom is -0.481 e. The van der Waals surface area contributed by atoms with E-state index in [1.807, 2.05) is 0 Å². The van der Waals surface area contributed by atoms with Crippen LogP contribution in [-0.4, -0.2) is 35.5 Å². The van der Waals surface area contributed by atoms with Gasteiger partial charge in [0.15, 0.2) is 0 Å². The number of hydrogen-bond acceptors (Lipinski definition) is 4. The molecule has 0 radical (unpaired) electrons. The van der Waals surface area contributed by atoms with Crippen molar-refractivity contribution < 1.29 is 24.3 Å². The Morgan fingerprint density at radius 3 is 1.87 bits per heavy atom. The first kappa shape index (κ1) is 12.9. The highest BCUT2D eigenvalue weighted by molar-refractivity contribution is 5.96. The molecule has 0 saturated carbocycles. The highest BCUT2D eigenvalue weighted by atomic mass is 16.4. The molecule has 8 nitrogen and oxygen atoms in total. The average Bonchev–Trinajstić information content (AvgIpc) is 2.00. The van der Waals surface area contributed by atoms with Gasteiger partial charge < -0.3 is 21.5 Å². The smallest absolute Gasteiger partial charge is 0.312 e. The van der Waals surface area contributed by atoms with Crippen molar-refractivity contribution in [2.75, 3.05) is 6.67 Å². The van der Waals surface area contributed by atoms with Crippen molar-refractivity contribution in [3.05, 3.63) is 0 Å². The van der Waals surface area contributed by atoms with Gasteiger partial charge in [-0.3, -0.25) is 19.2 Å². The van der Waals surface area contributed by atoms with Gasteiger partial charge in [-0.2, -0.15) is 0 Å². The monoisotopic (exact) mass is 217 g/mol. The summed E-state index contributed by atoms with van der Waals surface area (Å²) in [6.07, 6.45) is -1.15. The minimum absolute atomic E-state index is 0.238. The zero-order valence-electron chi connectivity index (χ0n) is 7.78. The van der Waals surface area contributed by atoms with Gasteiger partial charge in [0.2, 0.25) is 17.7 Å². The number of primary amides is 1. The Morgan fingerprint density at radius 2 is 1.47 bits per heavy atom. The molecule has 0 unspecified atom stereocenters. The second kappa shape index (κ2) is 6.35. The summed E-state index contributed by atoms with van der Waals surface area (Å²) >= 11 is 0. The van der Waals surface area contributed by atoms with Gasteiger partial charge in [0.1, 0.15) is 12.8 Å². The van der Waals surface area contributed by atoms with Crippen molar-refractivity contribution in [1.29, 1.82) is 0 Å². The molecule has 8 heteroatoms. The zero-order valence-corrected chi connectivity index (χ0v) is 7.78. The summed E-state index contributed by atoms with van der Waals surface area (Å²) in [5.74, 6) is -3.43. The van der Waals surface area contributed by atoms with Crippen LogP contribution < -0.4 is 16.4 Å². The molecule has 3 amide bonds. The van der Waals surface area contributed by atoms with E-state index in [4.69, 9.17) is 10.8 Å². The number of nitrogens with two attached hydrogens (primary N) is 1. The minimum atomic E-state index is -1.27. The summed E-state index contributed by atoms with van der Waals surface area (Å²) < 4.78 is 0. The lowest BCUT2D eigenvalue weighted by molar-refractivity contribution is -0.140. The number of carboxylic acids is 1. The Kier molecular flexibility index (Phi) is 5.45. The van der Waals surface area contributed by atoms with Crippen LogP contribution in [0, 0.1) is 0 Å². The number of amides is 3. The fourth-order valence-corrected chi connectivity index (χ4v) is 0.662. The third kappa shape index (κ3) is 8.22. The molecule has 0 saturated heterocycles. The van der Waals surface area contributed by atoms with Gasteiger partial charge in [0, 0.05) is 0 Å². The maximum Gasteiger partial charge on any atom is 0.312 e. The molecule has 0 bridgehead atoms. The number of rotatable bonds is 6. The molecule has 0 atom stereocenters. The summed E-state index contributed by atoms with van der Waals surface area (Å²) in [6.45, 7) is -0.238. The molecule has 0 rings (SSSR count). The van der Waals surface area contributed by atoms with E-state index in [2.05, 4.69) is 10.6 Å². The molecular formula is C7H11N3O5. The molecule has 0 fully saturated rings. The van der Waals surface area contributed by atoms with Crippen molar-refractivity contribution in [2.45, 2.75) is 12.8 Å². The van der Waals surface area contributed by atoms with Gasteiger partial charge in [-0.25, -0.2) is 0 Å². The number of carbonyl (C=O) groups is 4. The molecule has 0 heterocycles. The van der Waals surface area contributed by atoms with Crippen LogP contribution in [0.5, 0.6) is 0 Å². The molecule has 15 heavy (non-hydrogen) atoms. The summed E-state index contributed by atoms with van der Waals surface area (Å²) in [7, 11) is 0. The number of carboxylic acid groups (broad SMARTS) is 1. The first-order valence-electron chi connectivity index (χ1n) is 3.95. The fraction of sp³-hybridized carbons (Fsp3) is 0.429. The van der Waals surface area contributed by atoms with Gasteiger partial charge in [-0.05, 0) is 0 Å². The molecule has 84 valence electrons. The van der Waals surface area contributed by atoms with Crippen LogP contribution in [-0.2, 0) is 19.2 Å².